The number of benzene rings is 1. The van der Waals surface area contributed by atoms with Gasteiger partial charge in [0.25, 0.3) is 5.91 Å². The van der Waals surface area contributed by atoms with Crippen LogP contribution in [0.3, 0.4) is 0 Å². The summed E-state index contributed by atoms with van der Waals surface area (Å²) >= 11 is 5.86. The third-order valence-electron chi connectivity index (χ3n) is 2.56. The van der Waals surface area contributed by atoms with Gasteiger partial charge in [-0.3, -0.25) is 4.79 Å². The summed E-state index contributed by atoms with van der Waals surface area (Å²) in [5, 5.41) is 0.706. The molecular formula is C14H20ClN3O3S. The highest BCUT2D eigenvalue weighted by Crippen LogP contribution is 2.29. The lowest BCUT2D eigenvalue weighted by Gasteiger charge is -2.05. The highest BCUT2D eigenvalue weighted by atomic mass is 35.5. The number of carbonyl (C=O) groups is 1. The third kappa shape index (κ3) is 4.00. The minimum atomic E-state index is -3.83. The van der Waals surface area contributed by atoms with Crippen molar-refractivity contribution in [3.05, 3.63) is 28.9 Å². The van der Waals surface area contributed by atoms with E-state index in [9.17, 15) is 13.2 Å². The van der Waals surface area contributed by atoms with Crippen LogP contribution in [0.25, 0.3) is 10.9 Å². The van der Waals surface area contributed by atoms with Crippen molar-refractivity contribution >= 4 is 38.4 Å². The molecule has 1 heterocycles. The van der Waals surface area contributed by atoms with Crippen molar-refractivity contribution in [3.8, 4) is 0 Å². The number of sulfonamides is 1. The highest BCUT2D eigenvalue weighted by Gasteiger charge is 2.26. The van der Waals surface area contributed by atoms with E-state index in [4.69, 9.17) is 17.3 Å². The van der Waals surface area contributed by atoms with Crippen molar-refractivity contribution in [2.24, 2.45) is 5.73 Å². The SMILES string of the molecule is CCC.CCNS(=O)(=O)c1c(C(N)=O)[nH]c2ccc(Cl)cc12. The molecule has 1 aromatic carbocycles. The van der Waals surface area contributed by atoms with Crippen LogP contribution in [0.1, 0.15) is 37.7 Å². The quantitative estimate of drug-likeness (QED) is 0.793. The Hall–Kier alpha value is -1.57. The molecule has 0 saturated carbocycles. The molecule has 0 radical (unpaired) electrons. The second kappa shape index (κ2) is 7.62. The molecule has 0 atom stereocenters. The Morgan fingerprint density at radius 2 is 1.91 bits per heavy atom. The number of hydrogen-bond donors (Lipinski definition) is 3. The summed E-state index contributed by atoms with van der Waals surface area (Å²) in [5.41, 5.74) is 5.54. The van der Waals surface area contributed by atoms with Gasteiger partial charge in [0, 0.05) is 22.5 Å². The van der Waals surface area contributed by atoms with Crippen LogP contribution >= 0.6 is 11.6 Å². The van der Waals surface area contributed by atoms with Crippen molar-refractivity contribution in [2.75, 3.05) is 6.54 Å². The number of hydrogen-bond acceptors (Lipinski definition) is 3. The van der Waals surface area contributed by atoms with Crippen LogP contribution in [0.4, 0.5) is 0 Å². The van der Waals surface area contributed by atoms with Crippen molar-refractivity contribution in [1.82, 2.24) is 9.71 Å². The van der Waals surface area contributed by atoms with Gasteiger partial charge in [0.2, 0.25) is 10.0 Å². The summed E-state index contributed by atoms with van der Waals surface area (Å²) in [6, 6.07) is 4.66. The molecule has 0 aliphatic carbocycles. The zero-order valence-corrected chi connectivity index (χ0v) is 14.3. The van der Waals surface area contributed by atoms with E-state index < -0.39 is 15.9 Å². The summed E-state index contributed by atoms with van der Waals surface area (Å²) in [7, 11) is -3.83. The number of amides is 1. The van der Waals surface area contributed by atoms with E-state index >= 15 is 0 Å². The fraction of sp³-hybridized carbons (Fsp3) is 0.357. The fourth-order valence-electron chi connectivity index (χ4n) is 1.85. The molecule has 0 saturated heterocycles. The molecule has 1 amide bonds. The van der Waals surface area contributed by atoms with Gasteiger partial charge in [0.1, 0.15) is 10.6 Å². The second-order valence-corrected chi connectivity index (χ2v) is 6.73. The molecule has 2 aromatic rings. The maximum Gasteiger partial charge on any atom is 0.266 e. The maximum absolute atomic E-state index is 12.2. The molecule has 2 rings (SSSR count). The van der Waals surface area contributed by atoms with E-state index in [1.165, 1.54) is 12.5 Å². The van der Waals surface area contributed by atoms with E-state index in [2.05, 4.69) is 23.6 Å². The first-order valence-corrected chi connectivity index (χ1v) is 8.75. The van der Waals surface area contributed by atoms with Gasteiger partial charge in [-0.25, -0.2) is 13.1 Å². The lowest BCUT2D eigenvalue weighted by atomic mass is 10.2. The molecule has 0 aliphatic rings. The molecule has 0 spiro atoms. The first-order valence-electron chi connectivity index (χ1n) is 6.89. The summed E-state index contributed by atoms with van der Waals surface area (Å²) in [5.74, 6) is -0.844. The average molecular weight is 346 g/mol. The van der Waals surface area contributed by atoms with Crippen LogP contribution in [0.15, 0.2) is 23.1 Å². The number of primary amides is 1. The Morgan fingerprint density at radius 1 is 1.32 bits per heavy atom. The van der Waals surface area contributed by atoms with Crippen LogP contribution in [0, 0.1) is 0 Å². The van der Waals surface area contributed by atoms with E-state index in [1.807, 2.05) is 0 Å². The van der Waals surface area contributed by atoms with Crippen molar-refractivity contribution < 1.29 is 13.2 Å². The normalized spacial score (nSPS) is 11.1. The monoisotopic (exact) mass is 345 g/mol. The molecular weight excluding hydrogens is 326 g/mol. The van der Waals surface area contributed by atoms with Gasteiger partial charge in [0.15, 0.2) is 0 Å². The zero-order chi connectivity index (χ0) is 16.9. The van der Waals surface area contributed by atoms with Gasteiger partial charge < -0.3 is 10.7 Å². The van der Waals surface area contributed by atoms with Gasteiger partial charge in [-0.1, -0.05) is 38.8 Å². The molecule has 0 fully saturated rings. The number of rotatable bonds is 4. The van der Waals surface area contributed by atoms with Crippen LogP contribution in [-0.4, -0.2) is 25.9 Å². The van der Waals surface area contributed by atoms with Gasteiger partial charge in [-0.15, -0.1) is 0 Å². The number of aromatic amines is 1. The van der Waals surface area contributed by atoms with E-state index in [0.29, 0.717) is 15.9 Å². The minimum Gasteiger partial charge on any atom is -0.364 e. The first kappa shape index (κ1) is 18.5. The lowest BCUT2D eigenvalue weighted by Crippen LogP contribution is -2.26. The second-order valence-electron chi connectivity index (χ2n) is 4.59. The maximum atomic E-state index is 12.2. The number of H-pyrrole nitrogens is 1. The molecule has 22 heavy (non-hydrogen) atoms. The molecule has 122 valence electrons. The molecule has 1 aromatic heterocycles. The minimum absolute atomic E-state index is 0.154. The predicted molar refractivity (Wildman–Crippen MR) is 88.7 cm³/mol. The van der Waals surface area contributed by atoms with Gasteiger partial charge in [-0.05, 0) is 18.2 Å². The Labute approximate surface area is 135 Å². The first-order chi connectivity index (χ1) is 10.3. The Balaban J connectivity index is 0.000000745. The smallest absolute Gasteiger partial charge is 0.266 e. The van der Waals surface area contributed by atoms with Crippen LogP contribution in [-0.2, 0) is 10.0 Å². The largest absolute Gasteiger partial charge is 0.364 e. The molecule has 0 unspecified atom stereocenters. The summed E-state index contributed by atoms with van der Waals surface area (Å²) in [6.45, 7) is 6.09. The summed E-state index contributed by atoms with van der Waals surface area (Å²) in [6.07, 6.45) is 1.25. The van der Waals surface area contributed by atoms with Crippen molar-refractivity contribution in [1.29, 1.82) is 0 Å². The van der Waals surface area contributed by atoms with Crippen molar-refractivity contribution in [2.45, 2.75) is 32.1 Å². The fourth-order valence-corrected chi connectivity index (χ4v) is 3.43. The van der Waals surface area contributed by atoms with Crippen molar-refractivity contribution in [3.63, 3.8) is 0 Å². The summed E-state index contributed by atoms with van der Waals surface area (Å²) in [4.78, 5) is 13.9. The molecule has 0 aliphatic heterocycles. The topological polar surface area (TPSA) is 105 Å². The van der Waals surface area contributed by atoms with E-state index in [-0.39, 0.29) is 17.1 Å². The predicted octanol–water partition coefficient (Wildman–Crippen LogP) is 2.63. The standard InChI is InChI=1S/C11H12ClN3O3S.C3H8/c1-2-14-19(17,18)10-7-5-6(12)3-4-8(7)15-9(10)11(13)16;1-3-2/h3-5,14-15H,2H2,1H3,(H2,13,16);3H2,1-2H3. The van der Waals surface area contributed by atoms with Gasteiger partial charge >= 0.3 is 0 Å². The number of nitrogens with two attached hydrogens (primary N) is 1. The molecule has 4 N–H and O–H groups in total. The third-order valence-corrected chi connectivity index (χ3v) is 4.43. The van der Waals surface area contributed by atoms with Crippen LogP contribution in [0.2, 0.25) is 5.02 Å². The number of nitrogens with one attached hydrogen (secondary N) is 2. The number of halogens is 1. The average Bonchev–Trinajstić information content (AvgIpc) is 2.79. The van der Waals surface area contributed by atoms with Crippen LogP contribution < -0.4 is 10.5 Å². The Kier molecular flexibility index (Phi) is 6.40. The number of carbonyl (C=O) groups excluding carboxylic acids is 1. The number of aromatic nitrogens is 1. The molecule has 0 bridgehead atoms. The van der Waals surface area contributed by atoms with E-state index in [1.54, 1.807) is 19.1 Å². The lowest BCUT2D eigenvalue weighted by molar-refractivity contribution is 0.0993. The van der Waals surface area contributed by atoms with E-state index in [0.717, 1.165) is 0 Å². The Morgan fingerprint density at radius 3 is 2.41 bits per heavy atom. The Bertz CT molecular complexity index is 769. The van der Waals surface area contributed by atoms with Gasteiger partial charge in [-0.2, -0.15) is 0 Å². The molecule has 8 heteroatoms. The number of fused-ring (bicyclic) bond motifs is 1. The highest BCUT2D eigenvalue weighted by molar-refractivity contribution is 7.89. The summed E-state index contributed by atoms with van der Waals surface area (Å²) < 4.78 is 26.7. The zero-order valence-electron chi connectivity index (χ0n) is 12.7. The molecule has 6 nitrogen and oxygen atoms in total. The van der Waals surface area contributed by atoms with Crippen LogP contribution in [0.5, 0.6) is 0 Å². The van der Waals surface area contributed by atoms with Gasteiger partial charge in [0.05, 0.1) is 0 Å².